The van der Waals surface area contributed by atoms with Crippen molar-refractivity contribution in [2.45, 2.75) is 0 Å². The van der Waals surface area contributed by atoms with Gasteiger partial charge in [-0.3, -0.25) is 0 Å². The van der Waals surface area contributed by atoms with Crippen molar-refractivity contribution in [3.63, 3.8) is 0 Å². The molecule has 0 aliphatic rings. The van der Waals surface area contributed by atoms with Gasteiger partial charge in [0.15, 0.2) is 5.75 Å². The predicted molar refractivity (Wildman–Crippen MR) is 109 cm³/mol. The SMILES string of the molecule is O=C(Oc1c(-c2ccccc2)c(=O)oc2ccccc12)c1ccc(Cl)c(Cl)c1. The Morgan fingerprint density at radius 3 is 2.32 bits per heavy atom. The van der Waals surface area contributed by atoms with Crippen molar-refractivity contribution in [2.24, 2.45) is 0 Å². The second kappa shape index (κ2) is 7.50. The number of rotatable bonds is 3. The smallest absolute Gasteiger partial charge is 0.348 e. The molecule has 4 aromatic rings. The first kappa shape index (κ1) is 18.3. The number of hydrogen-bond donors (Lipinski definition) is 0. The highest BCUT2D eigenvalue weighted by atomic mass is 35.5. The first-order valence-electron chi connectivity index (χ1n) is 8.33. The Balaban J connectivity index is 1.90. The fraction of sp³-hybridized carbons (Fsp3) is 0. The Morgan fingerprint density at radius 2 is 1.57 bits per heavy atom. The monoisotopic (exact) mass is 410 g/mol. The van der Waals surface area contributed by atoms with Crippen LogP contribution in [0.5, 0.6) is 5.75 Å². The summed E-state index contributed by atoms with van der Waals surface area (Å²) in [5, 5.41) is 1.07. The summed E-state index contributed by atoms with van der Waals surface area (Å²) in [5.41, 5.74) is 0.698. The molecule has 0 fully saturated rings. The summed E-state index contributed by atoms with van der Waals surface area (Å²) in [4.78, 5) is 25.4. The summed E-state index contributed by atoms with van der Waals surface area (Å²) >= 11 is 11.9. The lowest BCUT2D eigenvalue weighted by Gasteiger charge is -2.12. The lowest BCUT2D eigenvalue weighted by Crippen LogP contribution is -2.13. The van der Waals surface area contributed by atoms with Crippen LogP contribution in [0.25, 0.3) is 22.1 Å². The first-order valence-corrected chi connectivity index (χ1v) is 9.08. The van der Waals surface area contributed by atoms with Crippen molar-refractivity contribution in [3.05, 3.63) is 98.8 Å². The summed E-state index contributed by atoms with van der Waals surface area (Å²) in [7, 11) is 0. The quantitative estimate of drug-likeness (QED) is 0.307. The van der Waals surface area contributed by atoms with Gasteiger partial charge >= 0.3 is 11.6 Å². The van der Waals surface area contributed by atoms with Crippen LogP contribution in [-0.2, 0) is 0 Å². The molecule has 3 aromatic carbocycles. The second-order valence-corrected chi connectivity index (χ2v) is 6.79. The van der Waals surface area contributed by atoms with E-state index in [0.29, 0.717) is 21.6 Å². The van der Waals surface area contributed by atoms with Crippen molar-refractivity contribution in [3.8, 4) is 16.9 Å². The molecule has 138 valence electrons. The number of ether oxygens (including phenoxy) is 1. The zero-order valence-electron chi connectivity index (χ0n) is 14.3. The molecule has 0 radical (unpaired) electrons. The minimum absolute atomic E-state index is 0.133. The summed E-state index contributed by atoms with van der Waals surface area (Å²) in [6, 6.07) is 20.2. The molecule has 0 N–H and O–H groups in total. The Bertz CT molecular complexity index is 1250. The van der Waals surface area contributed by atoms with Crippen LogP contribution in [0.3, 0.4) is 0 Å². The molecule has 0 spiro atoms. The molecule has 0 bridgehead atoms. The zero-order valence-corrected chi connectivity index (χ0v) is 15.8. The highest BCUT2D eigenvalue weighted by molar-refractivity contribution is 6.42. The molecule has 1 heterocycles. The van der Waals surface area contributed by atoms with E-state index in [9.17, 15) is 9.59 Å². The van der Waals surface area contributed by atoms with Gasteiger partial charge in [0.1, 0.15) is 11.1 Å². The topological polar surface area (TPSA) is 56.5 Å². The van der Waals surface area contributed by atoms with Crippen LogP contribution in [0.4, 0.5) is 0 Å². The molecule has 4 rings (SSSR count). The van der Waals surface area contributed by atoms with Crippen molar-refractivity contribution in [2.75, 3.05) is 0 Å². The molecule has 28 heavy (non-hydrogen) atoms. The van der Waals surface area contributed by atoms with Gasteiger partial charge in [0, 0.05) is 0 Å². The first-order chi connectivity index (χ1) is 13.5. The Morgan fingerprint density at radius 1 is 0.857 bits per heavy atom. The van der Waals surface area contributed by atoms with E-state index in [2.05, 4.69) is 0 Å². The average Bonchev–Trinajstić information content (AvgIpc) is 2.70. The van der Waals surface area contributed by atoms with Crippen molar-refractivity contribution in [1.29, 1.82) is 0 Å². The number of para-hydroxylation sites is 1. The van der Waals surface area contributed by atoms with E-state index >= 15 is 0 Å². The molecular formula is C22H12Cl2O4. The van der Waals surface area contributed by atoms with Gasteiger partial charge in [-0.25, -0.2) is 9.59 Å². The van der Waals surface area contributed by atoms with Gasteiger partial charge in [-0.15, -0.1) is 0 Å². The van der Waals surface area contributed by atoms with Crippen LogP contribution in [0.15, 0.2) is 82.0 Å². The molecule has 0 saturated carbocycles. The standard InChI is InChI=1S/C22H12Cl2O4/c23-16-11-10-14(12-17(16)24)21(25)28-20-15-8-4-5-9-18(15)27-22(26)19(20)13-6-2-1-3-7-13/h1-12H. The summed E-state index contributed by atoms with van der Waals surface area (Å²) in [5.74, 6) is -0.527. The minimum Gasteiger partial charge on any atom is -0.422 e. The fourth-order valence-electron chi connectivity index (χ4n) is 2.86. The molecule has 1 aromatic heterocycles. The van der Waals surface area contributed by atoms with Gasteiger partial charge in [0.2, 0.25) is 0 Å². The van der Waals surface area contributed by atoms with Gasteiger partial charge in [-0.05, 0) is 35.9 Å². The van der Waals surface area contributed by atoms with Crippen LogP contribution in [-0.4, -0.2) is 5.97 Å². The number of carbonyl (C=O) groups is 1. The second-order valence-electron chi connectivity index (χ2n) is 5.97. The highest BCUT2D eigenvalue weighted by Crippen LogP contribution is 2.35. The average molecular weight is 411 g/mol. The van der Waals surface area contributed by atoms with E-state index in [1.54, 1.807) is 48.5 Å². The zero-order chi connectivity index (χ0) is 19.7. The maximum atomic E-state index is 12.8. The van der Waals surface area contributed by atoms with E-state index < -0.39 is 11.6 Å². The van der Waals surface area contributed by atoms with E-state index in [0.717, 1.165) is 0 Å². The molecule has 6 heteroatoms. The third kappa shape index (κ3) is 3.40. The Kier molecular flexibility index (Phi) is 4.90. The fourth-order valence-corrected chi connectivity index (χ4v) is 3.15. The molecule has 0 unspecified atom stereocenters. The van der Waals surface area contributed by atoms with E-state index in [1.165, 1.54) is 18.2 Å². The lowest BCUT2D eigenvalue weighted by molar-refractivity contribution is 0.0737. The number of fused-ring (bicyclic) bond motifs is 1. The third-order valence-electron chi connectivity index (χ3n) is 4.18. The number of esters is 1. The number of hydrogen-bond acceptors (Lipinski definition) is 4. The summed E-state index contributed by atoms with van der Waals surface area (Å²) < 4.78 is 11.1. The Labute approximate surface area is 169 Å². The van der Waals surface area contributed by atoms with Crippen LogP contribution in [0, 0.1) is 0 Å². The summed E-state index contributed by atoms with van der Waals surface area (Å²) in [6.45, 7) is 0. The van der Waals surface area contributed by atoms with Gasteiger partial charge in [0.05, 0.1) is 21.0 Å². The van der Waals surface area contributed by atoms with Crippen LogP contribution in [0.2, 0.25) is 10.0 Å². The maximum absolute atomic E-state index is 12.8. The van der Waals surface area contributed by atoms with E-state index in [-0.39, 0.29) is 21.9 Å². The number of carbonyl (C=O) groups excluding carboxylic acids is 1. The van der Waals surface area contributed by atoms with E-state index in [1.807, 2.05) is 6.07 Å². The molecule has 0 aliphatic carbocycles. The Hall–Kier alpha value is -3.08. The molecule has 0 atom stereocenters. The van der Waals surface area contributed by atoms with Gasteiger partial charge in [0.25, 0.3) is 0 Å². The molecule has 0 aliphatic heterocycles. The molecule has 0 saturated heterocycles. The summed E-state index contributed by atoms with van der Waals surface area (Å²) in [6.07, 6.45) is 0. The molecule has 0 amide bonds. The maximum Gasteiger partial charge on any atom is 0.348 e. The van der Waals surface area contributed by atoms with Crippen molar-refractivity contribution < 1.29 is 13.9 Å². The molecule has 4 nitrogen and oxygen atoms in total. The van der Waals surface area contributed by atoms with Crippen LogP contribution >= 0.6 is 23.2 Å². The van der Waals surface area contributed by atoms with Gasteiger partial charge < -0.3 is 9.15 Å². The third-order valence-corrected chi connectivity index (χ3v) is 4.92. The molecular weight excluding hydrogens is 399 g/mol. The highest BCUT2D eigenvalue weighted by Gasteiger charge is 2.21. The van der Waals surface area contributed by atoms with Crippen LogP contribution in [0.1, 0.15) is 10.4 Å². The van der Waals surface area contributed by atoms with Crippen LogP contribution < -0.4 is 10.4 Å². The van der Waals surface area contributed by atoms with Crippen molar-refractivity contribution >= 4 is 40.1 Å². The lowest BCUT2D eigenvalue weighted by atomic mass is 10.0. The van der Waals surface area contributed by atoms with Gasteiger partial charge in [-0.2, -0.15) is 0 Å². The van der Waals surface area contributed by atoms with Gasteiger partial charge in [-0.1, -0.05) is 65.7 Å². The number of benzene rings is 3. The van der Waals surface area contributed by atoms with E-state index in [4.69, 9.17) is 32.4 Å². The predicted octanol–water partition coefficient (Wildman–Crippen LogP) is 5.99. The van der Waals surface area contributed by atoms with Crippen molar-refractivity contribution in [1.82, 2.24) is 0 Å². The largest absolute Gasteiger partial charge is 0.422 e. The number of halogens is 2. The normalized spacial score (nSPS) is 10.8. The minimum atomic E-state index is -0.661.